The predicted molar refractivity (Wildman–Crippen MR) is 196 cm³/mol. The van der Waals surface area contributed by atoms with Crippen LogP contribution in [-0.2, 0) is 49.3 Å². The van der Waals surface area contributed by atoms with E-state index in [0.29, 0.717) is 23.5 Å². The van der Waals surface area contributed by atoms with Crippen LogP contribution in [0.4, 0.5) is 0 Å². The lowest BCUT2D eigenvalue weighted by Crippen LogP contribution is -2.62. The molecule has 0 spiro atoms. The Bertz CT molecular complexity index is 2010. The van der Waals surface area contributed by atoms with Crippen molar-refractivity contribution in [3.8, 4) is 11.5 Å². The normalized spacial score (nSPS) is 18.1. The number of allylic oxidation sites excluding steroid dienone is 2. The molecule has 5 atom stereocenters. The smallest absolute Gasteiger partial charge is 0.313 e. The number of hydrogen-bond donors (Lipinski definition) is 2. The van der Waals surface area contributed by atoms with E-state index in [9.17, 15) is 74.6 Å². The second-order valence-electron chi connectivity index (χ2n) is 12.8. The highest BCUT2D eigenvalue weighted by molar-refractivity contribution is 5.88. The monoisotopic (exact) mass is 858 g/mol. The second kappa shape index (κ2) is 23.5. The Kier molecular flexibility index (Phi) is 19.4. The van der Waals surface area contributed by atoms with Crippen LogP contribution in [0.1, 0.15) is 50.9 Å². The minimum absolute atomic E-state index is 0.119. The summed E-state index contributed by atoms with van der Waals surface area (Å²) >= 11 is 0. The number of aryl methyl sites for hydroxylation is 1. The van der Waals surface area contributed by atoms with Gasteiger partial charge in [-0.2, -0.15) is 0 Å². The van der Waals surface area contributed by atoms with E-state index in [-0.39, 0.29) is 16.6 Å². The van der Waals surface area contributed by atoms with Gasteiger partial charge in [-0.3, -0.25) is 64.4 Å². The van der Waals surface area contributed by atoms with Crippen molar-refractivity contribution in [1.82, 2.24) is 0 Å². The van der Waals surface area contributed by atoms with E-state index < -0.39 is 133 Å². The number of aliphatic hydroxyl groups is 1. The summed E-state index contributed by atoms with van der Waals surface area (Å²) < 4.78 is 36.0. The van der Waals surface area contributed by atoms with E-state index in [2.05, 4.69) is 0 Å². The molecule has 1 aliphatic rings. The SMILES string of the molecule is COc1cc(O)c2c(=O)cc(C)oc2c1CC=C(C)C.O=C(CC[N+](=O)[O-])OCC1OC(O)C(OC(=O)CC[N+](=O)[O-])C(OC(=O)CC[N+](=O)[O-])C1OC(=O)CC[N+](=O)[O-]. The van der Waals surface area contributed by atoms with Gasteiger partial charge in [0.2, 0.25) is 26.2 Å². The third kappa shape index (κ3) is 16.2. The fraction of sp³-hybridized carbons (Fsp3) is 0.559. The fourth-order valence-corrected chi connectivity index (χ4v) is 5.18. The fourth-order valence-electron chi connectivity index (χ4n) is 5.18. The van der Waals surface area contributed by atoms with Gasteiger partial charge in [0.25, 0.3) is 0 Å². The van der Waals surface area contributed by atoms with Gasteiger partial charge < -0.3 is 43.1 Å². The van der Waals surface area contributed by atoms with Crippen molar-refractivity contribution in [2.75, 3.05) is 39.9 Å². The van der Waals surface area contributed by atoms with E-state index in [1.807, 2.05) is 19.9 Å². The third-order valence-electron chi connectivity index (χ3n) is 7.92. The molecule has 1 aromatic heterocycles. The van der Waals surface area contributed by atoms with Crippen molar-refractivity contribution in [2.24, 2.45) is 0 Å². The quantitative estimate of drug-likeness (QED) is 0.0616. The molecule has 3 rings (SSSR count). The standard InChI is InChI=1S/C18H24N4O18.C16H18O4/c23-11(1-5-19(28)29)36-9-10-15(38-12(24)2-6-20(30)31)16(39-13(25)3-7-21(32)33)17(18(27)37-10)40-14(26)4-8-22(34)35;1-9(2)5-6-11-14(19-4)8-13(18)15-12(17)7-10(3)20-16(11)15/h10,15-18,27H,1-9H2;5,7-8,18H,6H2,1-4H3. The highest BCUT2D eigenvalue weighted by atomic mass is 16.7. The Morgan fingerprint density at radius 1 is 0.767 bits per heavy atom. The molecule has 1 aromatic carbocycles. The molecule has 0 amide bonds. The van der Waals surface area contributed by atoms with Gasteiger partial charge in [0.1, 0.15) is 66.6 Å². The maximum Gasteiger partial charge on any atom is 0.313 e. The highest BCUT2D eigenvalue weighted by Crippen LogP contribution is 2.35. The molecule has 5 unspecified atom stereocenters. The molecule has 0 bridgehead atoms. The van der Waals surface area contributed by atoms with Crippen molar-refractivity contribution >= 4 is 34.8 Å². The molecule has 330 valence electrons. The number of aliphatic hydroxyl groups excluding tert-OH is 1. The summed E-state index contributed by atoms with van der Waals surface area (Å²) in [5, 5.41) is 62.9. The van der Waals surface area contributed by atoms with Crippen LogP contribution in [0.5, 0.6) is 11.5 Å². The van der Waals surface area contributed by atoms with E-state index in [0.717, 1.165) is 11.1 Å². The number of esters is 4. The number of phenolic OH excluding ortho intramolecular Hbond substituents is 1. The zero-order valence-electron chi connectivity index (χ0n) is 32.5. The zero-order chi connectivity index (χ0) is 45.3. The van der Waals surface area contributed by atoms with E-state index in [4.69, 9.17) is 32.8 Å². The van der Waals surface area contributed by atoms with Crippen molar-refractivity contribution in [2.45, 2.75) is 83.6 Å². The number of carbonyl (C=O) groups excluding carboxylic acids is 4. The lowest BCUT2D eigenvalue weighted by atomic mass is 9.98. The van der Waals surface area contributed by atoms with Crippen LogP contribution in [-0.4, -0.2) is 124 Å². The van der Waals surface area contributed by atoms with Gasteiger partial charge in [0.05, 0.1) is 7.11 Å². The van der Waals surface area contributed by atoms with Crippen molar-refractivity contribution in [3.63, 3.8) is 0 Å². The number of benzene rings is 1. The van der Waals surface area contributed by atoms with Crippen LogP contribution < -0.4 is 10.2 Å². The average molecular weight is 859 g/mol. The summed E-state index contributed by atoms with van der Waals surface area (Å²) in [4.78, 5) is 99.3. The Morgan fingerprint density at radius 2 is 1.23 bits per heavy atom. The number of ether oxygens (including phenoxy) is 6. The molecular weight excluding hydrogens is 816 g/mol. The number of aromatic hydroxyl groups is 1. The molecule has 0 aliphatic carbocycles. The summed E-state index contributed by atoms with van der Waals surface area (Å²) in [5.41, 5.74) is 2.07. The van der Waals surface area contributed by atoms with Crippen LogP contribution in [0.2, 0.25) is 0 Å². The molecule has 26 nitrogen and oxygen atoms in total. The molecule has 1 fully saturated rings. The number of nitrogens with zero attached hydrogens (tertiary/aromatic N) is 4. The zero-order valence-corrected chi connectivity index (χ0v) is 32.5. The Balaban J connectivity index is 0.000000513. The number of fused-ring (bicyclic) bond motifs is 1. The van der Waals surface area contributed by atoms with Crippen LogP contribution >= 0.6 is 0 Å². The highest BCUT2D eigenvalue weighted by Gasteiger charge is 2.52. The maximum absolute atomic E-state index is 12.3. The number of rotatable bonds is 20. The number of nitro groups is 4. The molecule has 1 aliphatic heterocycles. The first kappa shape index (κ1) is 49.3. The van der Waals surface area contributed by atoms with Gasteiger partial charge in [0.15, 0.2) is 30.0 Å². The Hall–Kier alpha value is -6.83. The average Bonchev–Trinajstić information content (AvgIpc) is 3.15. The first-order valence-corrected chi connectivity index (χ1v) is 17.6. The summed E-state index contributed by atoms with van der Waals surface area (Å²) in [6.45, 7) is 1.24. The van der Waals surface area contributed by atoms with Gasteiger partial charge in [-0.25, -0.2) is 0 Å². The second-order valence-corrected chi connectivity index (χ2v) is 12.8. The van der Waals surface area contributed by atoms with Crippen LogP contribution in [0.15, 0.2) is 33.0 Å². The molecule has 2 N–H and O–H groups in total. The van der Waals surface area contributed by atoms with Crippen molar-refractivity contribution in [3.05, 3.63) is 85.8 Å². The third-order valence-corrected chi connectivity index (χ3v) is 7.92. The first-order chi connectivity index (χ1) is 28.1. The van der Waals surface area contributed by atoms with Crippen LogP contribution in [0.3, 0.4) is 0 Å². The van der Waals surface area contributed by atoms with E-state index in [1.165, 1.54) is 19.2 Å². The van der Waals surface area contributed by atoms with Gasteiger partial charge in [-0.1, -0.05) is 11.6 Å². The molecule has 1 saturated heterocycles. The minimum Gasteiger partial charge on any atom is -0.507 e. The number of carbonyl (C=O) groups is 4. The van der Waals surface area contributed by atoms with Crippen LogP contribution in [0, 0.1) is 47.4 Å². The summed E-state index contributed by atoms with van der Waals surface area (Å²) in [7, 11) is 1.53. The number of methoxy groups -OCH3 is 1. The lowest BCUT2D eigenvalue weighted by Gasteiger charge is -2.42. The van der Waals surface area contributed by atoms with Crippen LogP contribution in [0.25, 0.3) is 11.0 Å². The number of hydrogen-bond acceptors (Lipinski definition) is 22. The minimum atomic E-state index is -2.22. The Morgan fingerprint density at radius 3 is 1.70 bits per heavy atom. The molecule has 0 radical (unpaired) electrons. The topological polar surface area (TPSA) is 367 Å². The summed E-state index contributed by atoms with van der Waals surface area (Å²) in [6, 6.07) is 2.84. The predicted octanol–water partition coefficient (Wildman–Crippen LogP) is 0.974. The first-order valence-electron chi connectivity index (χ1n) is 17.6. The molecule has 0 saturated carbocycles. The van der Waals surface area contributed by atoms with Gasteiger partial charge >= 0.3 is 23.9 Å². The maximum atomic E-state index is 12.3. The summed E-state index contributed by atoms with van der Waals surface area (Å²) in [5.74, 6) is -4.16. The summed E-state index contributed by atoms with van der Waals surface area (Å²) in [6.07, 6.45) is -10.6. The van der Waals surface area contributed by atoms with Crippen molar-refractivity contribution < 1.29 is 81.9 Å². The molecule has 2 heterocycles. The van der Waals surface area contributed by atoms with E-state index in [1.54, 1.807) is 6.92 Å². The molecule has 26 heteroatoms. The molecular formula is C34H42N4O22. The van der Waals surface area contributed by atoms with Crippen molar-refractivity contribution in [1.29, 1.82) is 0 Å². The lowest BCUT2D eigenvalue weighted by molar-refractivity contribution is -0.479. The van der Waals surface area contributed by atoms with E-state index >= 15 is 0 Å². The van der Waals surface area contributed by atoms with Gasteiger partial charge in [-0.05, 0) is 27.2 Å². The molecule has 60 heavy (non-hydrogen) atoms. The number of phenols is 1. The Labute approximate surface area is 337 Å². The van der Waals surface area contributed by atoms with Gasteiger partial charge in [0, 0.05) is 37.4 Å². The largest absolute Gasteiger partial charge is 0.507 e. The molecule has 2 aromatic rings. The van der Waals surface area contributed by atoms with Gasteiger partial charge in [-0.15, -0.1) is 0 Å².